The maximum Gasteiger partial charge on any atom is 0.416 e. The normalized spacial score (nSPS) is 25.3. The molecule has 2 aromatic rings. The van der Waals surface area contributed by atoms with Crippen molar-refractivity contribution in [1.82, 2.24) is 4.90 Å². The van der Waals surface area contributed by atoms with Gasteiger partial charge in [-0.1, -0.05) is 58.6 Å². The summed E-state index contributed by atoms with van der Waals surface area (Å²) in [6.07, 6.45) is 0.849. The van der Waals surface area contributed by atoms with Crippen LogP contribution in [-0.2, 0) is 30.0 Å². The van der Waals surface area contributed by atoms with E-state index in [-0.39, 0.29) is 29.7 Å². The predicted molar refractivity (Wildman–Crippen MR) is 166 cm³/mol. The zero-order valence-electron chi connectivity index (χ0n) is 27.2. The number of carbonyl (C=O) groups is 1. The summed E-state index contributed by atoms with van der Waals surface area (Å²) in [5, 5.41) is 9.27. The van der Waals surface area contributed by atoms with E-state index in [9.17, 15) is 36.2 Å². The van der Waals surface area contributed by atoms with Crippen molar-refractivity contribution in [1.29, 1.82) is 0 Å². The van der Waals surface area contributed by atoms with Gasteiger partial charge in [-0.15, -0.1) is 0 Å². The lowest BCUT2D eigenvalue weighted by atomic mass is 9.73. The Bertz CT molecular complexity index is 1310. The molecule has 0 amide bonds. The number of aliphatic carboxylic acids is 1. The molecule has 5 unspecified atom stereocenters. The second-order valence-corrected chi connectivity index (χ2v) is 13.0. The molecule has 3 aliphatic heterocycles. The quantitative estimate of drug-likeness (QED) is 0.315. The van der Waals surface area contributed by atoms with Gasteiger partial charge in [0.15, 0.2) is 0 Å². The van der Waals surface area contributed by atoms with Crippen LogP contribution in [-0.4, -0.2) is 34.2 Å². The van der Waals surface area contributed by atoms with Crippen LogP contribution in [0.5, 0.6) is 5.75 Å². The number of halogens is 6. The molecule has 1 aliphatic carbocycles. The molecule has 0 radical (unpaired) electrons. The summed E-state index contributed by atoms with van der Waals surface area (Å²) in [5.41, 5.74) is -0.448. The second-order valence-electron chi connectivity index (χ2n) is 13.0. The molecular formula is C36H47F6NO3. The van der Waals surface area contributed by atoms with Gasteiger partial charge in [-0.05, 0) is 98.7 Å². The number of piperidine rings is 2. The molecule has 2 aromatic carbocycles. The molecule has 1 saturated carbocycles. The highest BCUT2D eigenvalue weighted by Gasteiger charge is 2.46. The summed E-state index contributed by atoms with van der Waals surface area (Å²) >= 11 is 0. The van der Waals surface area contributed by atoms with Crippen molar-refractivity contribution < 1.29 is 41.0 Å². The molecule has 0 spiro atoms. The Morgan fingerprint density at radius 1 is 0.891 bits per heavy atom. The molecule has 0 aromatic heterocycles. The first-order valence-corrected chi connectivity index (χ1v) is 16.8. The first-order chi connectivity index (χ1) is 21.7. The number of carboxylic acid groups (broad SMARTS) is 1. The van der Waals surface area contributed by atoms with E-state index in [0.717, 1.165) is 49.0 Å². The minimum atomic E-state index is -4.76. The topological polar surface area (TPSA) is 49.8 Å². The molecule has 4 aliphatic rings. The third-order valence-corrected chi connectivity index (χ3v) is 9.60. The van der Waals surface area contributed by atoms with Crippen molar-refractivity contribution in [3.63, 3.8) is 0 Å². The van der Waals surface area contributed by atoms with E-state index in [1.165, 1.54) is 19.3 Å². The van der Waals surface area contributed by atoms with Crippen molar-refractivity contribution in [2.75, 3.05) is 0 Å². The van der Waals surface area contributed by atoms with Gasteiger partial charge in [0.25, 0.3) is 0 Å². The fourth-order valence-corrected chi connectivity index (χ4v) is 7.23. The van der Waals surface area contributed by atoms with Gasteiger partial charge >= 0.3 is 18.3 Å². The monoisotopic (exact) mass is 655 g/mol. The van der Waals surface area contributed by atoms with Crippen LogP contribution in [0, 0.1) is 11.8 Å². The SMILES string of the molecule is C1CC1.CC.CC(Cc1ccc2c(c1)OC(C1CC3CCCC(C1)N3C(C)c1cc(C(F)(F)F)ccc1C(F)(F)F)CC2)C(=O)O. The summed E-state index contributed by atoms with van der Waals surface area (Å²) < 4.78 is 88.7. The average molecular weight is 656 g/mol. The highest BCUT2D eigenvalue weighted by Crippen LogP contribution is 2.47. The van der Waals surface area contributed by atoms with Crippen molar-refractivity contribution in [2.45, 2.75) is 135 Å². The minimum absolute atomic E-state index is 0.0501. The number of alkyl halides is 6. The molecule has 10 heteroatoms. The number of aryl methyl sites for hydroxylation is 1. The van der Waals surface area contributed by atoms with Crippen LogP contribution >= 0.6 is 0 Å². The largest absolute Gasteiger partial charge is 0.490 e. The number of rotatable bonds is 6. The Hall–Kier alpha value is -2.75. The Morgan fingerprint density at radius 3 is 2.07 bits per heavy atom. The Balaban J connectivity index is 0.000000891. The minimum Gasteiger partial charge on any atom is -0.490 e. The molecular weight excluding hydrogens is 608 g/mol. The van der Waals surface area contributed by atoms with E-state index in [1.54, 1.807) is 13.8 Å². The van der Waals surface area contributed by atoms with Crippen LogP contribution in [0.15, 0.2) is 36.4 Å². The van der Waals surface area contributed by atoms with Crippen LogP contribution in [0.4, 0.5) is 26.3 Å². The van der Waals surface area contributed by atoms with E-state index in [0.29, 0.717) is 37.5 Å². The van der Waals surface area contributed by atoms with Gasteiger partial charge in [0.2, 0.25) is 0 Å². The first-order valence-electron chi connectivity index (χ1n) is 16.8. The third kappa shape index (κ3) is 8.78. The van der Waals surface area contributed by atoms with Crippen molar-refractivity contribution in [3.05, 3.63) is 64.2 Å². The van der Waals surface area contributed by atoms with Crippen LogP contribution in [0.25, 0.3) is 0 Å². The summed E-state index contributed by atoms with van der Waals surface area (Å²) in [6, 6.07) is 6.68. The van der Waals surface area contributed by atoms with Crippen molar-refractivity contribution in [2.24, 2.45) is 11.8 Å². The van der Waals surface area contributed by atoms with Gasteiger partial charge in [-0.3, -0.25) is 9.69 Å². The molecule has 3 heterocycles. The first kappa shape index (κ1) is 36.1. The summed E-state index contributed by atoms with van der Waals surface area (Å²) in [6.45, 7) is 7.26. The van der Waals surface area contributed by atoms with Crippen molar-refractivity contribution in [3.8, 4) is 5.75 Å². The Morgan fingerprint density at radius 2 is 1.52 bits per heavy atom. The average Bonchev–Trinajstić information content (AvgIpc) is 3.89. The maximum atomic E-state index is 13.9. The van der Waals surface area contributed by atoms with Crippen LogP contribution in [0.1, 0.15) is 119 Å². The standard InChI is InChI=1S/C31H35F6NO3.C3H6.C2H6/c1-17(29(39)40)12-19-6-7-20-8-11-27(41-28(20)13-19)21-14-23-4-3-5-24(15-21)38(23)18(2)25-16-22(30(32,33)34)9-10-26(25)31(35,36)37;1-2-3-1;1-2/h6-7,9-10,13,16-18,21,23-24,27H,3-5,8,11-12,14-15H2,1-2H3,(H,39,40);1-3H2;1-2H3. The lowest BCUT2D eigenvalue weighted by Gasteiger charge is -2.53. The van der Waals surface area contributed by atoms with E-state index < -0.39 is 41.4 Å². The molecule has 1 N–H and O–H groups in total. The highest BCUT2D eigenvalue weighted by molar-refractivity contribution is 5.70. The lowest BCUT2D eigenvalue weighted by Crippen LogP contribution is -2.55. The fraction of sp³-hybridized carbons (Fsp3) is 0.639. The summed E-state index contributed by atoms with van der Waals surface area (Å²) in [7, 11) is 0. The summed E-state index contributed by atoms with van der Waals surface area (Å²) in [4.78, 5) is 13.3. The molecule has 46 heavy (non-hydrogen) atoms. The number of hydrogen-bond acceptors (Lipinski definition) is 3. The lowest BCUT2D eigenvalue weighted by molar-refractivity contribution is -0.142. The number of fused-ring (bicyclic) bond motifs is 3. The highest BCUT2D eigenvalue weighted by atomic mass is 19.4. The number of ether oxygens (including phenoxy) is 1. The maximum absolute atomic E-state index is 13.9. The molecule has 4 nitrogen and oxygen atoms in total. The Kier molecular flexibility index (Phi) is 11.8. The number of carboxylic acids is 1. The molecule has 2 bridgehead atoms. The molecule has 6 rings (SSSR count). The van der Waals surface area contributed by atoms with Crippen LogP contribution in [0.2, 0.25) is 0 Å². The molecule has 2 saturated heterocycles. The van der Waals surface area contributed by atoms with Gasteiger partial charge in [0.1, 0.15) is 11.9 Å². The summed E-state index contributed by atoms with van der Waals surface area (Å²) in [5.74, 6) is -0.447. The third-order valence-electron chi connectivity index (χ3n) is 9.60. The van der Waals surface area contributed by atoms with Crippen LogP contribution < -0.4 is 4.74 Å². The smallest absolute Gasteiger partial charge is 0.416 e. The number of hydrogen-bond donors (Lipinski definition) is 1. The Labute approximate surface area is 268 Å². The van der Waals surface area contributed by atoms with Gasteiger partial charge in [-0.25, -0.2) is 0 Å². The zero-order chi connectivity index (χ0) is 33.8. The predicted octanol–water partition coefficient (Wildman–Crippen LogP) is 10.3. The molecule has 3 fully saturated rings. The number of benzene rings is 2. The van der Waals surface area contributed by atoms with Gasteiger partial charge in [-0.2, -0.15) is 26.3 Å². The zero-order valence-corrected chi connectivity index (χ0v) is 27.2. The molecule has 5 atom stereocenters. The van der Waals surface area contributed by atoms with Crippen molar-refractivity contribution >= 4 is 5.97 Å². The van der Waals surface area contributed by atoms with Gasteiger partial charge in [0, 0.05) is 18.1 Å². The van der Waals surface area contributed by atoms with Crippen LogP contribution in [0.3, 0.4) is 0 Å². The second kappa shape index (κ2) is 15.0. The van der Waals surface area contributed by atoms with E-state index in [2.05, 4.69) is 0 Å². The van der Waals surface area contributed by atoms with E-state index >= 15 is 0 Å². The van der Waals surface area contributed by atoms with Gasteiger partial charge < -0.3 is 9.84 Å². The molecule has 256 valence electrons. The van der Waals surface area contributed by atoms with Gasteiger partial charge in [0.05, 0.1) is 17.0 Å². The van der Waals surface area contributed by atoms with E-state index in [4.69, 9.17) is 4.74 Å². The number of nitrogens with zero attached hydrogens (tertiary/aromatic N) is 1. The fourth-order valence-electron chi connectivity index (χ4n) is 7.23. The van der Waals surface area contributed by atoms with E-state index in [1.807, 2.05) is 36.9 Å².